The largest absolute Gasteiger partial charge is 0.493 e. The van der Waals surface area contributed by atoms with E-state index in [0.717, 1.165) is 43.6 Å². The van der Waals surface area contributed by atoms with Crippen molar-refractivity contribution >= 4 is 5.91 Å². The second kappa shape index (κ2) is 6.27. The first-order chi connectivity index (χ1) is 9.83. The van der Waals surface area contributed by atoms with Crippen molar-refractivity contribution in [3.05, 3.63) is 29.8 Å². The fraction of sp³-hybridized carbons (Fsp3) is 0.562. The summed E-state index contributed by atoms with van der Waals surface area (Å²) < 4.78 is 11.2. The van der Waals surface area contributed by atoms with Crippen LogP contribution in [0.4, 0.5) is 0 Å². The molecule has 0 radical (unpaired) electrons. The van der Waals surface area contributed by atoms with E-state index in [2.05, 4.69) is 5.32 Å². The number of ether oxygens (including phenoxy) is 2. The van der Waals surface area contributed by atoms with Gasteiger partial charge in [-0.05, 0) is 25.3 Å². The molecule has 20 heavy (non-hydrogen) atoms. The maximum Gasteiger partial charge on any atom is 0.220 e. The van der Waals surface area contributed by atoms with Crippen molar-refractivity contribution in [1.29, 1.82) is 0 Å². The molecule has 0 saturated carbocycles. The molecule has 0 unspecified atom stereocenters. The fourth-order valence-electron chi connectivity index (χ4n) is 2.92. The minimum atomic E-state index is 0.0805. The molecule has 0 bridgehead atoms. The van der Waals surface area contributed by atoms with Crippen LogP contribution in [0.15, 0.2) is 24.3 Å². The average molecular weight is 275 g/mol. The minimum absolute atomic E-state index is 0.0805. The summed E-state index contributed by atoms with van der Waals surface area (Å²) in [6.45, 7) is 1.51. The number of amides is 1. The number of hydrogen-bond donors (Lipinski definition) is 1. The van der Waals surface area contributed by atoms with Crippen molar-refractivity contribution in [3.63, 3.8) is 0 Å². The van der Waals surface area contributed by atoms with Crippen LogP contribution in [0.1, 0.15) is 43.7 Å². The number of para-hydroxylation sites is 1. The Morgan fingerprint density at radius 1 is 1.25 bits per heavy atom. The van der Waals surface area contributed by atoms with Crippen molar-refractivity contribution in [1.82, 2.24) is 5.32 Å². The van der Waals surface area contributed by atoms with Gasteiger partial charge in [-0.2, -0.15) is 0 Å². The highest BCUT2D eigenvalue weighted by molar-refractivity contribution is 5.76. The van der Waals surface area contributed by atoms with Gasteiger partial charge in [0.2, 0.25) is 5.91 Å². The van der Waals surface area contributed by atoms with E-state index >= 15 is 0 Å². The summed E-state index contributed by atoms with van der Waals surface area (Å²) in [6, 6.07) is 8.01. The van der Waals surface area contributed by atoms with E-state index < -0.39 is 0 Å². The van der Waals surface area contributed by atoms with Gasteiger partial charge in [0, 0.05) is 25.0 Å². The number of fused-ring (bicyclic) bond motifs is 1. The number of hydrogen-bond acceptors (Lipinski definition) is 3. The second-order valence-corrected chi connectivity index (χ2v) is 5.47. The van der Waals surface area contributed by atoms with Crippen molar-refractivity contribution in [2.45, 2.75) is 44.2 Å². The second-order valence-electron chi connectivity index (χ2n) is 5.47. The lowest BCUT2D eigenvalue weighted by Crippen LogP contribution is -2.32. The third kappa shape index (κ3) is 3.12. The molecule has 108 valence electrons. The lowest BCUT2D eigenvalue weighted by molar-refractivity contribution is -0.122. The van der Waals surface area contributed by atoms with E-state index in [1.807, 2.05) is 24.3 Å². The van der Waals surface area contributed by atoms with Gasteiger partial charge >= 0.3 is 0 Å². The van der Waals surface area contributed by atoms with Crippen LogP contribution in [-0.4, -0.2) is 25.2 Å². The predicted octanol–water partition coefficient (Wildman–Crippen LogP) is 2.59. The Morgan fingerprint density at radius 2 is 2.15 bits per heavy atom. The molecule has 4 nitrogen and oxygen atoms in total. The molecule has 0 spiro atoms. The van der Waals surface area contributed by atoms with Crippen LogP contribution >= 0.6 is 0 Å². The Balaban J connectivity index is 1.54. The molecule has 2 aliphatic rings. The van der Waals surface area contributed by atoms with Gasteiger partial charge in [0.05, 0.1) is 18.8 Å². The Hall–Kier alpha value is -1.55. The SMILES string of the molecule is O=C(CC[C@H]1CCCO1)N[C@H]1CCOc2ccccc21. The summed E-state index contributed by atoms with van der Waals surface area (Å²) in [4.78, 5) is 12.1. The number of carbonyl (C=O) groups excluding carboxylic acids is 1. The normalized spacial score (nSPS) is 24.8. The molecule has 0 aromatic heterocycles. The van der Waals surface area contributed by atoms with Gasteiger partial charge < -0.3 is 14.8 Å². The summed E-state index contributed by atoms with van der Waals surface area (Å²) >= 11 is 0. The molecule has 2 heterocycles. The van der Waals surface area contributed by atoms with E-state index in [4.69, 9.17) is 9.47 Å². The van der Waals surface area contributed by atoms with Crippen LogP contribution in [0, 0.1) is 0 Å². The standard InChI is InChI=1S/C16H21NO3/c18-16(8-7-12-4-3-10-19-12)17-14-9-11-20-15-6-2-1-5-13(14)15/h1-2,5-6,12,14H,3-4,7-11H2,(H,17,18)/t12-,14+/m1/s1. The zero-order valence-electron chi connectivity index (χ0n) is 11.6. The van der Waals surface area contributed by atoms with Crippen LogP contribution in [0.5, 0.6) is 5.75 Å². The molecular weight excluding hydrogens is 254 g/mol. The predicted molar refractivity (Wildman–Crippen MR) is 75.6 cm³/mol. The average Bonchev–Trinajstić information content (AvgIpc) is 2.99. The van der Waals surface area contributed by atoms with E-state index in [1.165, 1.54) is 0 Å². The summed E-state index contributed by atoms with van der Waals surface area (Å²) in [5.74, 6) is 1.00. The van der Waals surface area contributed by atoms with E-state index in [9.17, 15) is 4.79 Å². The number of rotatable bonds is 4. The quantitative estimate of drug-likeness (QED) is 0.918. The molecule has 1 aromatic rings. The maximum atomic E-state index is 12.1. The van der Waals surface area contributed by atoms with Crippen LogP contribution < -0.4 is 10.1 Å². The van der Waals surface area contributed by atoms with Gasteiger partial charge in [-0.25, -0.2) is 0 Å². The fourth-order valence-corrected chi connectivity index (χ4v) is 2.92. The third-order valence-electron chi connectivity index (χ3n) is 4.01. The van der Waals surface area contributed by atoms with Gasteiger partial charge in [0.25, 0.3) is 0 Å². The number of nitrogens with one attached hydrogen (secondary N) is 1. The zero-order valence-corrected chi connectivity index (χ0v) is 11.6. The molecule has 0 aliphatic carbocycles. The topological polar surface area (TPSA) is 47.6 Å². The first-order valence-corrected chi connectivity index (χ1v) is 7.45. The van der Waals surface area contributed by atoms with E-state index in [1.54, 1.807) is 0 Å². The van der Waals surface area contributed by atoms with Crippen molar-refractivity contribution in [2.24, 2.45) is 0 Å². The lowest BCUT2D eigenvalue weighted by atomic mass is 10.00. The molecule has 1 saturated heterocycles. The molecule has 1 aromatic carbocycles. The third-order valence-corrected chi connectivity index (χ3v) is 4.01. The van der Waals surface area contributed by atoms with E-state index in [0.29, 0.717) is 13.0 Å². The van der Waals surface area contributed by atoms with Crippen LogP contribution in [0.3, 0.4) is 0 Å². The van der Waals surface area contributed by atoms with Crippen molar-refractivity contribution in [3.8, 4) is 5.75 Å². The van der Waals surface area contributed by atoms with E-state index in [-0.39, 0.29) is 18.1 Å². The molecule has 1 amide bonds. The van der Waals surface area contributed by atoms with Crippen molar-refractivity contribution in [2.75, 3.05) is 13.2 Å². The molecule has 3 rings (SSSR count). The van der Waals surface area contributed by atoms with Crippen LogP contribution in [0.2, 0.25) is 0 Å². The van der Waals surface area contributed by atoms with Crippen molar-refractivity contribution < 1.29 is 14.3 Å². The monoisotopic (exact) mass is 275 g/mol. The number of carbonyl (C=O) groups is 1. The number of benzene rings is 1. The highest BCUT2D eigenvalue weighted by atomic mass is 16.5. The minimum Gasteiger partial charge on any atom is -0.493 e. The Kier molecular flexibility index (Phi) is 4.21. The molecular formula is C16H21NO3. The molecule has 4 heteroatoms. The maximum absolute atomic E-state index is 12.1. The molecule has 1 fully saturated rings. The molecule has 2 atom stereocenters. The molecule has 1 N–H and O–H groups in total. The first kappa shape index (κ1) is 13.4. The summed E-state index contributed by atoms with van der Waals surface area (Å²) in [6.07, 6.45) is 4.71. The summed E-state index contributed by atoms with van der Waals surface area (Å²) in [7, 11) is 0. The highest BCUT2D eigenvalue weighted by Gasteiger charge is 2.23. The lowest BCUT2D eigenvalue weighted by Gasteiger charge is -2.26. The van der Waals surface area contributed by atoms with Crippen LogP contribution in [0.25, 0.3) is 0 Å². The smallest absolute Gasteiger partial charge is 0.220 e. The molecule has 2 aliphatic heterocycles. The Labute approximate surface area is 119 Å². The van der Waals surface area contributed by atoms with Gasteiger partial charge in [-0.3, -0.25) is 4.79 Å². The Bertz CT molecular complexity index is 469. The van der Waals surface area contributed by atoms with Gasteiger partial charge in [-0.15, -0.1) is 0 Å². The van der Waals surface area contributed by atoms with Crippen LogP contribution in [-0.2, 0) is 9.53 Å². The Morgan fingerprint density at radius 3 is 3.00 bits per heavy atom. The van der Waals surface area contributed by atoms with Gasteiger partial charge in [-0.1, -0.05) is 18.2 Å². The van der Waals surface area contributed by atoms with Gasteiger partial charge in [0.15, 0.2) is 0 Å². The zero-order chi connectivity index (χ0) is 13.8. The van der Waals surface area contributed by atoms with Gasteiger partial charge in [0.1, 0.15) is 5.75 Å². The summed E-state index contributed by atoms with van der Waals surface area (Å²) in [5.41, 5.74) is 1.09. The summed E-state index contributed by atoms with van der Waals surface area (Å²) in [5, 5.41) is 3.12. The highest BCUT2D eigenvalue weighted by Crippen LogP contribution is 2.31. The first-order valence-electron chi connectivity index (χ1n) is 7.45.